The molecule has 9 heteroatoms. The van der Waals surface area contributed by atoms with E-state index in [1.165, 1.54) is 6.08 Å². The first-order valence-electron chi connectivity index (χ1n) is 10.8. The zero-order valence-corrected chi connectivity index (χ0v) is 23.8. The van der Waals surface area contributed by atoms with Crippen molar-refractivity contribution in [1.29, 1.82) is 0 Å². The fraction of sp³-hybridized carbons (Fsp3) is 0.269. The molecule has 0 heterocycles. The third kappa shape index (κ3) is 11.6. The van der Waals surface area contributed by atoms with Crippen molar-refractivity contribution in [3.8, 4) is 0 Å². The van der Waals surface area contributed by atoms with Crippen LogP contribution in [0, 0.1) is 7.14 Å². The highest BCUT2D eigenvalue weighted by molar-refractivity contribution is 14.1. The van der Waals surface area contributed by atoms with Gasteiger partial charge in [-0.25, -0.2) is 4.79 Å². The van der Waals surface area contributed by atoms with Gasteiger partial charge in [0.1, 0.15) is 17.3 Å². The van der Waals surface area contributed by atoms with Gasteiger partial charge in [-0.05, 0) is 118 Å². The third-order valence-corrected chi connectivity index (χ3v) is 6.51. The standard InChI is InChI=1S/C13H11IO3.C7H4ClIO.C6H8O2/c14-10-6-4-9(5-7-10)13(16)17-12-3-1-2-11(15)8-12;8-7(10)5-1-3-6(9)4-2-5;7-5-2-1-3-6(8)4-5/h4-8H,1-3H2;1-4H;1-4H2. The summed E-state index contributed by atoms with van der Waals surface area (Å²) in [4.78, 5) is 54.3. The predicted molar refractivity (Wildman–Crippen MR) is 149 cm³/mol. The molecule has 0 bridgehead atoms. The zero-order valence-electron chi connectivity index (χ0n) is 18.7. The fourth-order valence-electron chi connectivity index (χ4n) is 3.07. The largest absolute Gasteiger partial charge is 0.427 e. The summed E-state index contributed by atoms with van der Waals surface area (Å²) >= 11 is 9.55. The molecule has 2 aliphatic carbocycles. The minimum absolute atomic E-state index is 0.0293. The minimum atomic E-state index is -0.406. The van der Waals surface area contributed by atoms with Gasteiger partial charge in [0.15, 0.2) is 5.78 Å². The number of allylic oxidation sites excluding steroid dienone is 2. The van der Waals surface area contributed by atoms with Crippen LogP contribution < -0.4 is 0 Å². The lowest BCUT2D eigenvalue weighted by Gasteiger charge is -2.12. The molecule has 0 aliphatic heterocycles. The minimum Gasteiger partial charge on any atom is -0.427 e. The summed E-state index contributed by atoms with van der Waals surface area (Å²) in [6, 6.07) is 14.2. The van der Waals surface area contributed by atoms with Crippen LogP contribution in [0.4, 0.5) is 0 Å². The van der Waals surface area contributed by atoms with Crippen LogP contribution >= 0.6 is 56.8 Å². The van der Waals surface area contributed by atoms with Crippen LogP contribution in [0.1, 0.15) is 65.7 Å². The van der Waals surface area contributed by atoms with Gasteiger partial charge in [0.05, 0.1) is 12.0 Å². The first-order valence-corrected chi connectivity index (χ1v) is 13.4. The van der Waals surface area contributed by atoms with E-state index in [1.807, 2.05) is 24.3 Å². The molecule has 0 atom stereocenters. The van der Waals surface area contributed by atoms with Crippen molar-refractivity contribution in [1.82, 2.24) is 0 Å². The lowest BCUT2D eigenvalue weighted by Crippen LogP contribution is -2.13. The van der Waals surface area contributed by atoms with E-state index >= 15 is 0 Å². The van der Waals surface area contributed by atoms with E-state index in [4.69, 9.17) is 16.3 Å². The molecular formula is C26H23ClI2O6. The topological polar surface area (TPSA) is 94.6 Å². The van der Waals surface area contributed by atoms with Crippen LogP contribution in [0.5, 0.6) is 0 Å². The Kier molecular flexibility index (Phi) is 12.8. The number of ether oxygens (including phenoxy) is 1. The quantitative estimate of drug-likeness (QED) is 0.157. The van der Waals surface area contributed by atoms with Crippen molar-refractivity contribution in [2.45, 2.75) is 44.9 Å². The molecule has 1 saturated carbocycles. The van der Waals surface area contributed by atoms with E-state index < -0.39 is 11.2 Å². The highest BCUT2D eigenvalue weighted by atomic mass is 127. The van der Waals surface area contributed by atoms with Gasteiger partial charge in [0.2, 0.25) is 0 Å². The number of carbonyl (C=O) groups excluding carboxylic acids is 5. The van der Waals surface area contributed by atoms with Crippen LogP contribution in [0.25, 0.3) is 0 Å². The van der Waals surface area contributed by atoms with E-state index in [0.717, 1.165) is 20.0 Å². The van der Waals surface area contributed by atoms with Crippen molar-refractivity contribution < 1.29 is 28.7 Å². The molecular weight excluding hydrogens is 698 g/mol. The number of Topliss-reactive ketones (excluding diaryl/α,β-unsaturated/α-hetero) is 2. The second-order valence-corrected chi connectivity index (χ2v) is 10.5. The summed E-state index contributed by atoms with van der Waals surface area (Å²) in [6.07, 6.45) is 5.58. The van der Waals surface area contributed by atoms with Crippen LogP contribution in [0.2, 0.25) is 0 Å². The van der Waals surface area contributed by atoms with Crippen LogP contribution in [-0.2, 0) is 19.1 Å². The summed E-state index contributed by atoms with van der Waals surface area (Å²) in [5.74, 6) is 0.330. The monoisotopic (exact) mass is 720 g/mol. The molecule has 4 rings (SSSR count). The number of benzene rings is 2. The summed E-state index contributed by atoms with van der Waals surface area (Å²) in [7, 11) is 0. The van der Waals surface area contributed by atoms with Gasteiger partial charge < -0.3 is 4.74 Å². The van der Waals surface area contributed by atoms with Gasteiger partial charge in [0, 0.05) is 44.5 Å². The molecule has 0 spiro atoms. The first kappa shape index (κ1) is 29.3. The number of hydrogen-bond donors (Lipinski definition) is 0. The highest BCUT2D eigenvalue weighted by Gasteiger charge is 2.16. The first-order chi connectivity index (χ1) is 16.6. The van der Waals surface area contributed by atoms with E-state index in [2.05, 4.69) is 45.2 Å². The third-order valence-electron chi connectivity index (χ3n) is 4.85. The Labute approximate surface area is 236 Å². The Morgan fingerprint density at radius 1 is 0.714 bits per heavy atom. The molecule has 184 valence electrons. The molecule has 1 fully saturated rings. The Morgan fingerprint density at radius 3 is 1.63 bits per heavy atom. The second-order valence-electron chi connectivity index (χ2n) is 7.72. The Morgan fingerprint density at radius 2 is 1.20 bits per heavy atom. The number of carbonyl (C=O) groups is 5. The van der Waals surface area contributed by atoms with Crippen molar-refractivity contribution in [3.63, 3.8) is 0 Å². The van der Waals surface area contributed by atoms with Gasteiger partial charge in [-0.15, -0.1) is 0 Å². The maximum absolute atomic E-state index is 11.8. The Bertz CT molecular complexity index is 1090. The summed E-state index contributed by atoms with van der Waals surface area (Å²) in [6.45, 7) is 0. The van der Waals surface area contributed by atoms with Gasteiger partial charge in [-0.3, -0.25) is 19.2 Å². The summed E-state index contributed by atoms with van der Waals surface area (Å²) in [5, 5.41) is -0.406. The van der Waals surface area contributed by atoms with Crippen LogP contribution in [0.3, 0.4) is 0 Å². The van der Waals surface area contributed by atoms with Gasteiger partial charge in [-0.1, -0.05) is 0 Å². The van der Waals surface area contributed by atoms with E-state index in [9.17, 15) is 24.0 Å². The van der Waals surface area contributed by atoms with Crippen molar-refractivity contribution in [2.24, 2.45) is 0 Å². The molecule has 0 radical (unpaired) electrons. The van der Waals surface area contributed by atoms with Crippen molar-refractivity contribution in [2.75, 3.05) is 0 Å². The normalized spacial score (nSPS) is 15.1. The van der Waals surface area contributed by atoms with E-state index in [1.54, 1.807) is 24.3 Å². The number of esters is 1. The molecule has 0 saturated heterocycles. The number of halogens is 3. The smallest absolute Gasteiger partial charge is 0.343 e. The summed E-state index contributed by atoms with van der Waals surface area (Å²) in [5.41, 5.74) is 1.05. The predicted octanol–water partition coefficient (Wildman–Crippen LogP) is 6.45. The lowest BCUT2D eigenvalue weighted by atomic mass is 9.98. The van der Waals surface area contributed by atoms with Crippen LogP contribution in [0.15, 0.2) is 60.4 Å². The molecule has 2 aromatic carbocycles. The molecule has 2 aromatic rings. The lowest BCUT2D eigenvalue weighted by molar-refractivity contribution is -0.129. The average Bonchev–Trinajstić information content (AvgIpc) is 2.80. The highest BCUT2D eigenvalue weighted by Crippen LogP contribution is 2.18. The van der Waals surface area contributed by atoms with Gasteiger partial charge in [0.25, 0.3) is 5.24 Å². The number of rotatable bonds is 3. The molecule has 0 unspecified atom stereocenters. The Balaban J connectivity index is 0.000000204. The number of hydrogen-bond acceptors (Lipinski definition) is 6. The molecule has 6 nitrogen and oxygen atoms in total. The fourth-order valence-corrected chi connectivity index (χ4v) is 3.91. The van der Waals surface area contributed by atoms with Crippen LogP contribution in [-0.4, -0.2) is 28.6 Å². The molecule has 0 aromatic heterocycles. The van der Waals surface area contributed by atoms with Crippen molar-refractivity contribution in [3.05, 3.63) is 78.6 Å². The zero-order chi connectivity index (χ0) is 25.8. The molecule has 2 aliphatic rings. The summed E-state index contributed by atoms with van der Waals surface area (Å²) < 4.78 is 7.34. The maximum Gasteiger partial charge on any atom is 0.343 e. The van der Waals surface area contributed by atoms with Crippen molar-refractivity contribution >= 4 is 85.3 Å². The van der Waals surface area contributed by atoms with E-state index in [0.29, 0.717) is 42.6 Å². The number of ketones is 3. The SMILES string of the molecule is O=C(Cl)c1ccc(I)cc1.O=C1C=C(OC(=O)c2ccc(I)cc2)CCC1.O=C1CCCC(=O)C1. The Hall–Kier alpha value is -1.92. The maximum atomic E-state index is 11.8. The molecule has 0 N–H and O–H groups in total. The molecule has 35 heavy (non-hydrogen) atoms. The molecule has 0 amide bonds. The van der Waals surface area contributed by atoms with Gasteiger partial charge in [-0.2, -0.15) is 0 Å². The second kappa shape index (κ2) is 15.2. The van der Waals surface area contributed by atoms with E-state index in [-0.39, 0.29) is 23.8 Å². The average molecular weight is 721 g/mol. The van der Waals surface area contributed by atoms with Gasteiger partial charge >= 0.3 is 5.97 Å².